The van der Waals surface area contributed by atoms with Crippen LogP contribution in [-0.4, -0.2) is 24.4 Å². The Bertz CT molecular complexity index is 626. The van der Waals surface area contributed by atoms with Crippen LogP contribution in [0, 0.1) is 0 Å². The highest BCUT2D eigenvalue weighted by atomic mass is 32.2. The van der Waals surface area contributed by atoms with Crippen LogP contribution < -0.4 is 10.5 Å². The van der Waals surface area contributed by atoms with Gasteiger partial charge in [-0.3, -0.25) is 0 Å². The monoisotopic (exact) mass is 320 g/mol. The van der Waals surface area contributed by atoms with Crippen molar-refractivity contribution in [2.45, 2.75) is 26.0 Å². The zero-order chi connectivity index (χ0) is 16.1. The molecule has 2 rings (SSSR count). The molecule has 1 aromatic rings. The van der Waals surface area contributed by atoms with Gasteiger partial charge in [-0.2, -0.15) is 0 Å². The second-order valence-corrected chi connectivity index (χ2v) is 5.76. The number of thioether (sulfide) groups is 1. The second kappa shape index (κ2) is 7.35. The second-order valence-electron chi connectivity index (χ2n) is 4.64. The molecular formula is C16H20N2O3S. The third-order valence-electron chi connectivity index (χ3n) is 3.17. The molecule has 0 bridgehead atoms. The van der Waals surface area contributed by atoms with Crippen LogP contribution in [0.5, 0.6) is 5.75 Å². The maximum atomic E-state index is 12.3. The Hall–Kier alpha value is -1.95. The molecule has 1 unspecified atom stereocenters. The fraction of sp³-hybridized carbons (Fsp3) is 0.375. The van der Waals surface area contributed by atoms with Gasteiger partial charge in [-0.25, -0.2) is 9.79 Å². The van der Waals surface area contributed by atoms with Gasteiger partial charge in [0, 0.05) is 5.56 Å². The normalized spacial score (nSPS) is 18.0. The molecular weight excluding hydrogens is 300 g/mol. The Morgan fingerprint density at radius 1 is 1.32 bits per heavy atom. The van der Waals surface area contributed by atoms with Crippen molar-refractivity contribution >= 4 is 22.9 Å². The summed E-state index contributed by atoms with van der Waals surface area (Å²) in [5.74, 6) is 0.381. The number of nitrogens with two attached hydrogens (primary N) is 1. The highest BCUT2D eigenvalue weighted by Crippen LogP contribution is 2.44. The van der Waals surface area contributed by atoms with E-state index in [4.69, 9.17) is 15.2 Å². The van der Waals surface area contributed by atoms with Crippen molar-refractivity contribution in [3.8, 4) is 5.75 Å². The standard InChI is InChI=1S/C16H20N2O3S/c1-4-20-12-9-7-6-8-11(12)14-13(15(19)21-5-2)10(3)18-16(17)22-14/h6-9,14H,4-5H2,1-3H3,(H2,17,18). The number of esters is 1. The lowest BCUT2D eigenvalue weighted by Crippen LogP contribution is -2.22. The number of para-hydroxylation sites is 1. The van der Waals surface area contributed by atoms with Gasteiger partial charge in [0.25, 0.3) is 0 Å². The molecule has 1 aliphatic heterocycles. The first kappa shape index (κ1) is 16.4. The summed E-state index contributed by atoms with van der Waals surface area (Å²) in [5.41, 5.74) is 7.91. The van der Waals surface area contributed by atoms with Gasteiger partial charge in [0.15, 0.2) is 5.17 Å². The molecule has 1 aromatic carbocycles. The number of aliphatic imine (C=N–C) groups is 1. The molecule has 1 aliphatic rings. The molecule has 1 atom stereocenters. The van der Waals surface area contributed by atoms with E-state index in [1.165, 1.54) is 11.8 Å². The Morgan fingerprint density at radius 2 is 2.05 bits per heavy atom. The molecule has 0 saturated heterocycles. The number of benzene rings is 1. The highest BCUT2D eigenvalue weighted by molar-refractivity contribution is 8.14. The van der Waals surface area contributed by atoms with Crippen LogP contribution in [0.25, 0.3) is 0 Å². The van der Waals surface area contributed by atoms with Crippen LogP contribution in [0.4, 0.5) is 0 Å². The molecule has 1 heterocycles. The zero-order valence-electron chi connectivity index (χ0n) is 13.0. The number of nitrogens with zero attached hydrogens (tertiary/aromatic N) is 1. The Labute approximate surface area is 134 Å². The van der Waals surface area contributed by atoms with E-state index in [1.54, 1.807) is 13.8 Å². The van der Waals surface area contributed by atoms with Crippen LogP contribution in [0.3, 0.4) is 0 Å². The fourth-order valence-electron chi connectivity index (χ4n) is 2.29. The molecule has 0 radical (unpaired) electrons. The number of amidine groups is 1. The average Bonchev–Trinajstić information content (AvgIpc) is 2.47. The average molecular weight is 320 g/mol. The van der Waals surface area contributed by atoms with Crippen molar-refractivity contribution in [2.24, 2.45) is 10.7 Å². The van der Waals surface area contributed by atoms with Gasteiger partial charge in [-0.1, -0.05) is 30.0 Å². The highest BCUT2D eigenvalue weighted by Gasteiger charge is 2.32. The van der Waals surface area contributed by atoms with E-state index in [-0.39, 0.29) is 11.2 Å². The third-order valence-corrected chi connectivity index (χ3v) is 4.22. The molecule has 0 aliphatic carbocycles. The quantitative estimate of drug-likeness (QED) is 0.844. The van der Waals surface area contributed by atoms with Gasteiger partial charge in [0.2, 0.25) is 0 Å². The van der Waals surface area contributed by atoms with Crippen molar-refractivity contribution in [2.75, 3.05) is 13.2 Å². The predicted molar refractivity (Wildman–Crippen MR) is 88.9 cm³/mol. The maximum Gasteiger partial charge on any atom is 0.337 e. The van der Waals surface area contributed by atoms with Crippen molar-refractivity contribution in [1.29, 1.82) is 0 Å². The number of ether oxygens (including phenoxy) is 2. The first-order chi connectivity index (χ1) is 10.6. The Morgan fingerprint density at radius 3 is 2.73 bits per heavy atom. The summed E-state index contributed by atoms with van der Waals surface area (Å²) in [6.07, 6.45) is 0. The van der Waals surface area contributed by atoms with Crippen molar-refractivity contribution in [3.05, 3.63) is 41.1 Å². The Balaban J connectivity index is 2.48. The van der Waals surface area contributed by atoms with E-state index in [2.05, 4.69) is 4.99 Å². The summed E-state index contributed by atoms with van der Waals surface area (Å²) in [6.45, 7) is 6.35. The number of carbonyl (C=O) groups is 1. The van der Waals surface area contributed by atoms with Gasteiger partial charge in [-0.05, 0) is 26.8 Å². The molecule has 0 fully saturated rings. The summed E-state index contributed by atoms with van der Waals surface area (Å²) in [4.78, 5) is 16.5. The lowest BCUT2D eigenvalue weighted by Gasteiger charge is -2.25. The summed E-state index contributed by atoms with van der Waals surface area (Å²) < 4.78 is 10.9. The number of hydrogen-bond donors (Lipinski definition) is 1. The number of rotatable bonds is 5. The predicted octanol–water partition coefficient (Wildman–Crippen LogP) is 3.03. The lowest BCUT2D eigenvalue weighted by atomic mass is 10.0. The molecule has 118 valence electrons. The summed E-state index contributed by atoms with van der Waals surface area (Å²) in [6, 6.07) is 7.64. The zero-order valence-corrected chi connectivity index (χ0v) is 13.8. The third kappa shape index (κ3) is 3.44. The van der Waals surface area contributed by atoms with Crippen molar-refractivity contribution in [3.63, 3.8) is 0 Å². The Kier molecular flexibility index (Phi) is 5.49. The van der Waals surface area contributed by atoms with Gasteiger partial charge in [-0.15, -0.1) is 0 Å². The van der Waals surface area contributed by atoms with E-state index in [1.807, 2.05) is 31.2 Å². The van der Waals surface area contributed by atoms with E-state index in [0.717, 1.165) is 11.3 Å². The minimum Gasteiger partial charge on any atom is -0.494 e. The van der Waals surface area contributed by atoms with E-state index < -0.39 is 0 Å². The summed E-state index contributed by atoms with van der Waals surface area (Å²) in [7, 11) is 0. The molecule has 5 nitrogen and oxygen atoms in total. The summed E-state index contributed by atoms with van der Waals surface area (Å²) >= 11 is 1.33. The molecule has 0 aromatic heterocycles. The smallest absolute Gasteiger partial charge is 0.337 e. The number of allylic oxidation sites excluding steroid dienone is 1. The van der Waals surface area contributed by atoms with Crippen molar-refractivity contribution in [1.82, 2.24) is 0 Å². The van der Waals surface area contributed by atoms with E-state index in [0.29, 0.717) is 29.7 Å². The largest absolute Gasteiger partial charge is 0.494 e. The maximum absolute atomic E-state index is 12.3. The van der Waals surface area contributed by atoms with E-state index in [9.17, 15) is 4.79 Å². The SMILES string of the molecule is CCOC(=O)C1=C(C)N=C(N)SC1c1ccccc1OCC. The van der Waals surface area contributed by atoms with Crippen LogP contribution in [0.2, 0.25) is 0 Å². The van der Waals surface area contributed by atoms with Gasteiger partial charge < -0.3 is 15.2 Å². The molecule has 0 amide bonds. The molecule has 6 heteroatoms. The molecule has 22 heavy (non-hydrogen) atoms. The lowest BCUT2D eigenvalue weighted by molar-refractivity contribution is -0.138. The fourth-order valence-corrected chi connectivity index (χ4v) is 3.43. The van der Waals surface area contributed by atoms with Gasteiger partial charge in [0.1, 0.15) is 5.75 Å². The summed E-state index contributed by atoms with van der Waals surface area (Å²) in [5, 5.41) is 0.154. The first-order valence-electron chi connectivity index (χ1n) is 7.18. The molecule has 2 N–H and O–H groups in total. The number of hydrogen-bond acceptors (Lipinski definition) is 6. The van der Waals surface area contributed by atoms with Crippen LogP contribution in [0.1, 0.15) is 31.6 Å². The van der Waals surface area contributed by atoms with Crippen molar-refractivity contribution < 1.29 is 14.3 Å². The minimum atomic E-state index is -0.361. The van der Waals surface area contributed by atoms with Gasteiger partial charge >= 0.3 is 5.97 Å². The van der Waals surface area contributed by atoms with Crippen LogP contribution >= 0.6 is 11.8 Å². The topological polar surface area (TPSA) is 73.9 Å². The molecule has 0 saturated carbocycles. The van der Waals surface area contributed by atoms with Crippen LogP contribution in [-0.2, 0) is 9.53 Å². The van der Waals surface area contributed by atoms with Gasteiger partial charge in [0.05, 0.1) is 29.7 Å². The van der Waals surface area contributed by atoms with E-state index >= 15 is 0 Å². The number of carbonyl (C=O) groups excluding carboxylic acids is 1. The minimum absolute atomic E-state index is 0.278. The molecule has 0 spiro atoms. The first-order valence-corrected chi connectivity index (χ1v) is 8.06. The van der Waals surface area contributed by atoms with Crippen LogP contribution in [0.15, 0.2) is 40.5 Å².